The van der Waals surface area contributed by atoms with Crippen molar-refractivity contribution in [2.24, 2.45) is 17.3 Å². The van der Waals surface area contributed by atoms with Crippen LogP contribution < -0.4 is 5.32 Å². The first kappa shape index (κ1) is 14.4. The minimum absolute atomic E-state index is 0.472. The minimum atomic E-state index is 0.472. The fourth-order valence-electron chi connectivity index (χ4n) is 4.10. The summed E-state index contributed by atoms with van der Waals surface area (Å²) in [5, 5.41) is 4.03. The Hall–Kier alpha value is -0.0400. The third-order valence-electron chi connectivity index (χ3n) is 5.34. The Balaban J connectivity index is 1.89. The van der Waals surface area contributed by atoms with Crippen LogP contribution in [0.25, 0.3) is 0 Å². The van der Waals surface area contributed by atoms with Crippen molar-refractivity contribution in [3.05, 3.63) is 0 Å². The number of nitrogens with one attached hydrogen (secondary N) is 1. The van der Waals surface area contributed by atoms with Gasteiger partial charge in [0, 0.05) is 12.1 Å². The third-order valence-corrected chi connectivity index (χ3v) is 5.34. The van der Waals surface area contributed by atoms with Crippen LogP contribution in [0.3, 0.4) is 0 Å². The average molecular weight is 251 g/mol. The van der Waals surface area contributed by atoms with Crippen LogP contribution in [-0.2, 0) is 0 Å². The molecule has 0 bridgehead atoms. The Kier molecular flexibility index (Phi) is 4.75. The van der Waals surface area contributed by atoms with Crippen molar-refractivity contribution in [1.29, 1.82) is 0 Å². The molecule has 2 atom stereocenters. The highest BCUT2D eigenvalue weighted by atomic mass is 15.0. The lowest BCUT2D eigenvalue weighted by molar-refractivity contribution is 0.115. The molecule has 2 rings (SSSR count). The summed E-state index contributed by atoms with van der Waals surface area (Å²) < 4.78 is 0. The molecule has 0 spiro atoms. The average Bonchev–Trinajstić information content (AvgIpc) is 2.31. The number of hydrogen-bond acceptors (Lipinski definition) is 1. The highest BCUT2D eigenvalue weighted by Gasteiger charge is 2.35. The summed E-state index contributed by atoms with van der Waals surface area (Å²) in [5.74, 6) is 1.85. The van der Waals surface area contributed by atoms with E-state index in [1.54, 1.807) is 0 Å². The molecule has 0 radical (unpaired) electrons. The second kappa shape index (κ2) is 5.94. The standard InChI is InChI=1S/C17H33N/c1-13-9-11-14(12-10-13)18-16-8-6-5-7-15(16)17(2,3)4/h13-16,18H,5-12H2,1-4H3. The summed E-state index contributed by atoms with van der Waals surface area (Å²) in [7, 11) is 0. The van der Waals surface area contributed by atoms with Crippen molar-refractivity contribution in [3.63, 3.8) is 0 Å². The molecule has 0 aromatic heterocycles. The van der Waals surface area contributed by atoms with E-state index in [-0.39, 0.29) is 0 Å². The van der Waals surface area contributed by atoms with Gasteiger partial charge in [-0.15, -0.1) is 0 Å². The van der Waals surface area contributed by atoms with E-state index in [2.05, 4.69) is 33.0 Å². The maximum Gasteiger partial charge on any atom is 0.0103 e. The molecule has 2 fully saturated rings. The van der Waals surface area contributed by atoms with Gasteiger partial charge in [-0.2, -0.15) is 0 Å². The highest BCUT2D eigenvalue weighted by molar-refractivity contribution is 4.90. The van der Waals surface area contributed by atoms with E-state index in [0.717, 1.165) is 23.9 Å². The van der Waals surface area contributed by atoms with Crippen LogP contribution >= 0.6 is 0 Å². The molecule has 1 N–H and O–H groups in total. The predicted octanol–water partition coefficient (Wildman–Crippen LogP) is 4.76. The van der Waals surface area contributed by atoms with Crippen LogP contribution in [-0.4, -0.2) is 12.1 Å². The molecule has 2 aliphatic rings. The largest absolute Gasteiger partial charge is 0.311 e. The highest BCUT2D eigenvalue weighted by Crippen LogP contribution is 2.38. The number of hydrogen-bond donors (Lipinski definition) is 1. The molecule has 0 saturated heterocycles. The molecule has 1 nitrogen and oxygen atoms in total. The molecule has 0 heterocycles. The molecule has 106 valence electrons. The van der Waals surface area contributed by atoms with Gasteiger partial charge in [0.2, 0.25) is 0 Å². The van der Waals surface area contributed by atoms with Gasteiger partial charge in [-0.1, -0.05) is 40.5 Å². The molecule has 2 aliphatic carbocycles. The lowest BCUT2D eigenvalue weighted by Crippen LogP contribution is -2.49. The van der Waals surface area contributed by atoms with Crippen molar-refractivity contribution >= 4 is 0 Å². The van der Waals surface area contributed by atoms with Crippen molar-refractivity contribution in [3.8, 4) is 0 Å². The summed E-state index contributed by atoms with van der Waals surface area (Å²) in [6.45, 7) is 9.70. The zero-order chi connectivity index (χ0) is 13.2. The van der Waals surface area contributed by atoms with Gasteiger partial charge < -0.3 is 5.32 Å². The molecule has 0 aromatic carbocycles. The predicted molar refractivity (Wildman–Crippen MR) is 79.8 cm³/mol. The Labute approximate surface area is 114 Å². The summed E-state index contributed by atoms with van der Waals surface area (Å²) in [4.78, 5) is 0. The van der Waals surface area contributed by atoms with E-state index in [1.165, 1.54) is 51.4 Å². The van der Waals surface area contributed by atoms with Crippen LogP contribution in [0.2, 0.25) is 0 Å². The van der Waals surface area contributed by atoms with Gasteiger partial charge in [-0.25, -0.2) is 0 Å². The van der Waals surface area contributed by atoms with Gasteiger partial charge in [0.15, 0.2) is 0 Å². The minimum Gasteiger partial charge on any atom is -0.311 e. The van der Waals surface area contributed by atoms with Crippen LogP contribution in [0.5, 0.6) is 0 Å². The maximum absolute atomic E-state index is 4.03. The Bertz CT molecular complexity index is 245. The van der Waals surface area contributed by atoms with Crippen LogP contribution in [0.15, 0.2) is 0 Å². The van der Waals surface area contributed by atoms with Crippen molar-refractivity contribution in [2.75, 3.05) is 0 Å². The van der Waals surface area contributed by atoms with Gasteiger partial charge in [0.25, 0.3) is 0 Å². The zero-order valence-electron chi connectivity index (χ0n) is 13.0. The second-order valence-corrected chi connectivity index (χ2v) is 7.99. The van der Waals surface area contributed by atoms with E-state index in [0.29, 0.717) is 5.41 Å². The normalized spacial score (nSPS) is 38.7. The molecule has 0 amide bonds. The third kappa shape index (κ3) is 3.73. The van der Waals surface area contributed by atoms with Gasteiger partial charge in [0.1, 0.15) is 0 Å². The fourth-order valence-corrected chi connectivity index (χ4v) is 4.10. The molecule has 0 aliphatic heterocycles. The van der Waals surface area contributed by atoms with Crippen LogP contribution in [0, 0.1) is 17.3 Å². The van der Waals surface area contributed by atoms with E-state index in [4.69, 9.17) is 0 Å². The van der Waals surface area contributed by atoms with Gasteiger partial charge in [-0.05, 0) is 55.8 Å². The SMILES string of the molecule is CC1CCC(NC2CCCCC2C(C)(C)C)CC1. The van der Waals surface area contributed by atoms with Crippen LogP contribution in [0.1, 0.15) is 79.1 Å². The number of rotatable bonds is 2. The first-order chi connectivity index (χ1) is 8.47. The topological polar surface area (TPSA) is 12.0 Å². The maximum atomic E-state index is 4.03. The molecular formula is C17H33N. The Morgan fingerprint density at radius 2 is 1.44 bits per heavy atom. The van der Waals surface area contributed by atoms with Crippen LogP contribution in [0.4, 0.5) is 0 Å². The monoisotopic (exact) mass is 251 g/mol. The molecule has 1 heteroatoms. The van der Waals surface area contributed by atoms with E-state index < -0.39 is 0 Å². The first-order valence-electron chi connectivity index (χ1n) is 8.23. The van der Waals surface area contributed by atoms with Crippen molar-refractivity contribution < 1.29 is 0 Å². The van der Waals surface area contributed by atoms with Crippen molar-refractivity contribution in [1.82, 2.24) is 5.32 Å². The molecule has 2 saturated carbocycles. The Morgan fingerprint density at radius 3 is 2.06 bits per heavy atom. The lowest BCUT2D eigenvalue weighted by atomic mass is 9.69. The summed E-state index contributed by atoms with van der Waals surface area (Å²) >= 11 is 0. The van der Waals surface area contributed by atoms with E-state index in [1.807, 2.05) is 0 Å². The fraction of sp³-hybridized carbons (Fsp3) is 1.00. The summed E-state index contributed by atoms with van der Waals surface area (Å²) in [6, 6.07) is 1.60. The quantitative estimate of drug-likeness (QED) is 0.746. The molecular weight excluding hydrogens is 218 g/mol. The van der Waals surface area contributed by atoms with Gasteiger partial charge >= 0.3 is 0 Å². The molecule has 18 heavy (non-hydrogen) atoms. The Morgan fingerprint density at radius 1 is 0.833 bits per heavy atom. The lowest BCUT2D eigenvalue weighted by Gasteiger charge is -2.43. The van der Waals surface area contributed by atoms with E-state index in [9.17, 15) is 0 Å². The summed E-state index contributed by atoms with van der Waals surface area (Å²) in [6.07, 6.45) is 11.4. The van der Waals surface area contributed by atoms with Gasteiger partial charge in [0.05, 0.1) is 0 Å². The summed E-state index contributed by atoms with van der Waals surface area (Å²) in [5.41, 5.74) is 0.472. The van der Waals surface area contributed by atoms with E-state index >= 15 is 0 Å². The zero-order valence-corrected chi connectivity index (χ0v) is 13.0. The molecule has 2 unspecified atom stereocenters. The molecule has 0 aromatic rings. The first-order valence-corrected chi connectivity index (χ1v) is 8.23. The van der Waals surface area contributed by atoms with Gasteiger partial charge in [-0.3, -0.25) is 0 Å². The van der Waals surface area contributed by atoms with Crippen molar-refractivity contribution in [2.45, 2.75) is 91.1 Å². The smallest absolute Gasteiger partial charge is 0.0103 e. The second-order valence-electron chi connectivity index (χ2n) is 7.99.